The quantitative estimate of drug-likeness (QED) is 0.648. The SMILES string of the molecule is CCOc1ccc(C)cc1C(Cl)C(C)(C)c1ccccc1. The molecule has 0 N–H and O–H groups in total. The van der Waals surface area contributed by atoms with Crippen molar-refractivity contribution < 1.29 is 4.74 Å². The number of benzene rings is 2. The molecule has 2 rings (SSSR count). The lowest BCUT2D eigenvalue weighted by molar-refractivity contribution is 0.332. The fourth-order valence-corrected chi connectivity index (χ4v) is 2.85. The molecule has 0 aliphatic heterocycles. The van der Waals surface area contributed by atoms with Gasteiger partial charge in [0.05, 0.1) is 12.0 Å². The van der Waals surface area contributed by atoms with Crippen molar-refractivity contribution in [2.24, 2.45) is 0 Å². The molecule has 1 unspecified atom stereocenters. The van der Waals surface area contributed by atoms with Crippen LogP contribution in [0.15, 0.2) is 48.5 Å². The molecule has 0 aromatic heterocycles. The first-order valence-electron chi connectivity index (χ1n) is 7.39. The number of ether oxygens (including phenoxy) is 1. The summed E-state index contributed by atoms with van der Waals surface area (Å²) in [6.07, 6.45) is 0. The highest BCUT2D eigenvalue weighted by Crippen LogP contribution is 2.44. The second-order valence-corrected chi connectivity index (χ2v) is 6.36. The van der Waals surface area contributed by atoms with Gasteiger partial charge >= 0.3 is 0 Å². The van der Waals surface area contributed by atoms with Crippen molar-refractivity contribution >= 4 is 11.6 Å². The van der Waals surface area contributed by atoms with Crippen LogP contribution >= 0.6 is 11.6 Å². The maximum Gasteiger partial charge on any atom is 0.124 e. The molecule has 0 heterocycles. The minimum atomic E-state index is -0.178. The molecule has 1 nitrogen and oxygen atoms in total. The van der Waals surface area contributed by atoms with Crippen molar-refractivity contribution in [3.63, 3.8) is 0 Å². The summed E-state index contributed by atoms with van der Waals surface area (Å²) in [6, 6.07) is 16.6. The normalized spacial score (nSPS) is 13.0. The van der Waals surface area contributed by atoms with E-state index in [2.05, 4.69) is 57.2 Å². The van der Waals surface area contributed by atoms with Crippen molar-refractivity contribution in [1.82, 2.24) is 0 Å². The van der Waals surface area contributed by atoms with Gasteiger partial charge in [0.15, 0.2) is 0 Å². The Morgan fingerprint density at radius 3 is 2.38 bits per heavy atom. The van der Waals surface area contributed by atoms with Crippen LogP contribution in [0, 0.1) is 6.92 Å². The van der Waals surface area contributed by atoms with Crippen LogP contribution in [0.5, 0.6) is 5.75 Å². The van der Waals surface area contributed by atoms with Crippen LogP contribution in [0.25, 0.3) is 0 Å². The summed E-state index contributed by atoms with van der Waals surface area (Å²) >= 11 is 6.87. The molecule has 0 fully saturated rings. The molecule has 0 saturated heterocycles. The van der Waals surface area contributed by atoms with Crippen LogP contribution in [0.2, 0.25) is 0 Å². The molecule has 21 heavy (non-hydrogen) atoms. The van der Waals surface area contributed by atoms with Gasteiger partial charge < -0.3 is 4.74 Å². The largest absolute Gasteiger partial charge is 0.494 e. The standard InChI is InChI=1S/C19H23ClO/c1-5-21-17-12-11-14(2)13-16(17)18(20)19(3,4)15-9-7-6-8-10-15/h6-13,18H,5H2,1-4H3. The van der Waals surface area contributed by atoms with Gasteiger partial charge in [-0.15, -0.1) is 11.6 Å². The second kappa shape index (κ2) is 6.53. The number of halogens is 1. The minimum absolute atomic E-state index is 0.152. The zero-order valence-corrected chi connectivity index (χ0v) is 13.9. The Morgan fingerprint density at radius 1 is 1.10 bits per heavy atom. The molecule has 112 valence electrons. The predicted molar refractivity (Wildman–Crippen MR) is 90.4 cm³/mol. The predicted octanol–water partition coefficient (Wildman–Crippen LogP) is 5.65. The lowest BCUT2D eigenvalue weighted by Crippen LogP contribution is -2.24. The first kappa shape index (κ1) is 15.9. The van der Waals surface area contributed by atoms with Crippen molar-refractivity contribution in [3.8, 4) is 5.75 Å². The number of alkyl halides is 1. The highest BCUT2D eigenvalue weighted by atomic mass is 35.5. The summed E-state index contributed by atoms with van der Waals surface area (Å²) in [4.78, 5) is 0. The summed E-state index contributed by atoms with van der Waals surface area (Å²) in [5.74, 6) is 0.882. The van der Waals surface area contributed by atoms with E-state index in [1.807, 2.05) is 19.1 Å². The van der Waals surface area contributed by atoms with Gasteiger partial charge in [-0.05, 0) is 25.5 Å². The second-order valence-electron chi connectivity index (χ2n) is 5.92. The van der Waals surface area contributed by atoms with Crippen LogP contribution in [0.4, 0.5) is 0 Å². The third-order valence-electron chi connectivity index (χ3n) is 3.89. The lowest BCUT2D eigenvalue weighted by atomic mass is 9.78. The third kappa shape index (κ3) is 3.41. The van der Waals surface area contributed by atoms with Gasteiger partial charge in [0.1, 0.15) is 5.75 Å². The van der Waals surface area contributed by atoms with Crippen molar-refractivity contribution in [3.05, 3.63) is 65.2 Å². The third-order valence-corrected chi connectivity index (χ3v) is 4.67. The summed E-state index contributed by atoms with van der Waals surface area (Å²) in [6.45, 7) is 9.08. The molecule has 1 atom stereocenters. The monoisotopic (exact) mass is 302 g/mol. The fourth-order valence-electron chi connectivity index (χ4n) is 2.56. The number of hydrogen-bond donors (Lipinski definition) is 0. The van der Waals surface area contributed by atoms with Crippen LogP contribution in [0.3, 0.4) is 0 Å². The Hall–Kier alpha value is -1.47. The number of rotatable bonds is 5. The molecule has 2 aromatic carbocycles. The maximum atomic E-state index is 6.87. The molecule has 0 spiro atoms. The fraction of sp³-hybridized carbons (Fsp3) is 0.368. The van der Waals surface area contributed by atoms with Gasteiger partial charge in [-0.3, -0.25) is 0 Å². The van der Waals surface area contributed by atoms with Gasteiger partial charge in [0.2, 0.25) is 0 Å². The average molecular weight is 303 g/mol. The lowest BCUT2D eigenvalue weighted by Gasteiger charge is -2.32. The van der Waals surface area contributed by atoms with E-state index in [9.17, 15) is 0 Å². The van der Waals surface area contributed by atoms with Gasteiger partial charge in [-0.1, -0.05) is 61.9 Å². The molecule has 0 aliphatic rings. The summed E-state index contributed by atoms with van der Waals surface area (Å²) in [7, 11) is 0. The van der Waals surface area contributed by atoms with E-state index in [1.54, 1.807) is 0 Å². The Morgan fingerprint density at radius 2 is 1.76 bits per heavy atom. The van der Waals surface area contributed by atoms with Gasteiger partial charge in [-0.25, -0.2) is 0 Å². The van der Waals surface area contributed by atoms with Crippen LogP contribution in [0.1, 0.15) is 42.8 Å². The molecule has 0 saturated carbocycles. The Kier molecular flexibility index (Phi) is 4.95. The molecular weight excluding hydrogens is 280 g/mol. The zero-order valence-electron chi connectivity index (χ0n) is 13.2. The van der Waals surface area contributed by atoms with E-state index in [4.69, 9.17) is 16.3 Å². The van der Waals surface area contributed by atoms with E-state index >= 15 is 0 Å². The van der Waals surface area contributed by atoms with Gasteiger partial charge in [0, 0.05) is 11.0 Å². The molecule has 0 aliphatic carbocycles. The Bertz CT molecular complexity index is 590. The van der Waals surface area contributed by atoms with Crippen molar-refractivity contribution in [2.75, 3.05) is 6.61 Å². The molecule has 0 amide bonds. The number of aryl methyl sites for hydroxylation is 1. The topological polar surface area (TPSA) is 9.23 Å². The highest BCUT2D eigenvalue weighted by molar-refractivity contribution is 6.22. The minimum Gasteiger partial charge on any atom is -0.494 e. The maximum absolute atomic E-state index is 6.87. The smallest absolute Gasteiger partial charge is 0.124 e. The molecule has 0 radical (unpaired) electrons. The van der Waals surface area contributed by atoms with E-state index in [0.717, 1.165) is 11.3 Å². The molecule has 0 bridgehead atoms. The molecule has 2 aromatic rings. The van der Waals surface area contributed by atoms with Gasteiger partial charge in [0.25, 0.3) is 0 Å². The van der Waals surface area contributed by atoms with E-state index in [-0.39, 0.29) is 10.8 Å². The van der Waals surface area contributed by atoms with E-state index < -0.39 is 0 Å². The molecule has 2 heteroatoms. The Labute approximate surface area is 132 Å². The van der Waals surface area contributed by atoms with E-state index in [1.165, 1.54) is 11.1 Å². The number of hydrogen-bond acceptors (Lipinski definition) is 1. The van der Waals surface area contributed by atoms with Crippen molar-refractivity contribution in [2.45, 2.75) is 38.5 Å². The summed E-state index contributed by atoms with van der Waals surface area (Å²) in [5, 5.41) is -0.152. The zero-order chi connectivity index (χ0) is 15.5. The summed E-state index contributed by atoms with van der Waals surface area (Å²) < 4.78 is 5.76. The summed E-state index contributed by atoms with van der Waals surface area (Å²) in [5.41, 5.74) is 3.31. The Balaban J connectivity index is 2.43. The van der Waals surface area contributed by atoms with E-state index in [0.29, 0.717) is 6.61 Å². The van der Waals surface area contributed by atoms with Crippen molar-refractivity contribution in [1.29, 1.82) is 0 Å². The average Bonchev–Trinajstić information content (AvgIpc) is 2.49. The highest BCUT2D eigenvalue weighted by Gasteiger charge is 2.32. The van der Waals surface area contributed by atoms with Gasteiger partial charge in [-0.2, -0.15) is 0 Å². The van der Waals surface area contributed by atoms with Crippen LogP contribution < -0.4 is 4.74 Å². The first-order chi connectivity index (χ1) is 9.96. The first-order valence-corrected chi connectivity index (χ1v) is 7.83. The van der Waals surface area contributed by atoms with Crippen LogP contribution in [-0.2, 0) is 5.41 Å². The van der Waals surface area contributed by atoms with Crippen LogP contribution in [-0.4, -0.2) is 6.61 Å². The molecular formula is C19H23ClO.